The highest BCUT2D eigenvalue weighted by atomic mass is 79.9. The Morgan fingerprint density at radius 3 is 2.40 bits per heavy atom. The SMILES string of the molecule is Br.OCCN1CCOCC1. The topological polar surface area (TPSA) is 32.7 Å². The van der Waals surface area contributed by atoms with Crippen molar-refractivity contribution in [1.82, 2.24) is 4.90 Å². The molecule has 3 nitrogen and oxygen atoms in total. The lowest BCUT2D eigenvalue weighted by Gasteiger charge is -2.25. The summed E-state index contributed by atoms with van der Waals surface area (Å²) in [5.74, 6) is 0. The minimum atomic E-state index is 0. The van der Waals surface area contributed by atoms with E-state index in [0.29, 0.717) is 0 Å². The van der Waals surface area contributed by atoms with Crippen LogP contribution in [0.4, 0.5) is 0 Å². The Kier molecular flexibility index (Phi) is 6.31. The largest absolute Gasteiger partial charge is 0.395 e. The van der Waals surface area contributed by atoms with Gasteiger partial charge in [-0.15, -0.1) is 17.0 Å². The van der Waals surface area contributed by atoms with Crippen molar-refractivity contribution >= 4 is 17.0 Å². The molecule has 1 saturated heterocycles. The van der Waals surface area contributed by atoms with Crippen molar-refractivity contribution in [3.05, 3.63) is 0 Å². The van der Waals surface area contributed by atoms with Gasteiger partial charge >= 0.3 is 0 Å². The van der Waals surface area contributed by atoms with Gasteiger partial charge in [0, 0.05) is 19.6 Å². The fourth-order valence-corrected chi connectivity index (χ4v) is 0.966. The molecule has 0 saturated carbocycles. The molecule has 0 amide bonds. The summed E-state index contributed by atoms with van der Waals surface area (Å²) in [5.41, 5.74) is 0. The van der Waals surface area contributed by atoms with Gasteiger partial charge in [0.05, 0.1) is 19.8 Å². The van der Waals surface area contributed by atoms with Crippen molar-refractivity contribution in [1.29, 1.82) is 0 Å². The van der Waals surface area contributed by atoms with Gasteiger partial charge in [0.2, 0.25) is 0 Å². The monoisotopic (exact) mass is 211 g/mol. The lowest BCUT2D eigenvalue weighted by molar-refractivity contribution is 0.0306. The van der Waals surface area contributed by atoms with Crippen LogP contribution in [0.3, 0.4) is 0 Å². The standard InChI is InChI=1S/C6H13NO2.BrH/c8-4-1-7-2-5-9-6-3-7;/h8H,1-6H2;1H. The third kappa shape index (κ3) is 3.51. The minimum absolute atomic E-state index is 0. The molecule has 1 fully saturated rings. The Hall–Kier alpha value is 0.360. The van der Waals surface area contributed by atoms with Gasteiger partial charge in [0.15, 0.2) is 0 Å². The molecule has 0 aromatic heterocycles. The van der Waals surface area contributed by atoms with Gasteiger partial charge < -0.3 is 9.84 Å². The molecule has 0 aliphatic carbocycles. The van der Waals surface area contributed by atoms with E-state index >= 15 is 0 Å². The maximum Gasteiger partial charge on any atom is 0.0594 e. The van der Waals surface area contributed by atoms with Gasteiger partial charge in [-0.2, -0.15) is 0 Å². The van der Waals surface area contributed by atoms with Crippen LogP contribution < -0.4 is 0 Å². The summed E-state index contributed by atoms with van der Waals surface area (Å²) < 4.78 is 5.12. The summed E-state index contributed by atoms with van der Waals surface area (Å²) in [6.45, 7) is 4.64. The highest BCUT2D eigenvalue weighted by molar-refractivity contribution is 8.93. The third-order valence-electron chi connectivity index (χ3n) is 1.52. The van der Waals surface area contributed by atoms with Crippen LogP contribution >= 0.6 is 17.0 Å². The van der Waals surface area contributed by atoms with Crippen molar-refractivity contribution < 1.29 is 9.84 Å². The first-order valence-corrected chi connectivity index (χ1v) is 3.34. The maximum absolute atomic E-state index is 8.54. The van der Waals surface area contributed by atoms with Crippen LogP contribution in [0.5, 0.6) is 0 Å². The molecule has 1 rings (SSSR count). The quantitative estimate of drug-likeness (QED) is 0.693. The number of halogens is 1. The van der Waals surface area contributed by atoms with E-state index in [9.17, 15) is 0 Å². The number of rotatable bonds is 2. The summed E-state index contributed by atoms with van der Waals surface area (Å²) >= 11 is 0. The van der Waals surface area contributed by atoms with E-state index in [1.165, 1.54) is 0 Å². The second-order valence-electron chi connectivity index (χ2n) is 2.18. The van der Waals surface area contributed by atoms with Crippen LogP contribution in [0.1, 0.15) is 0 Å². The second-order valence-corrected chi connectivity index (χ2v) is 2.18. The molecule has 0 aromatic rings. The van der Waals surface area contributed by atoms with Gasteiger partial charge in [-0.05, 0) is 0 Å². The number of morpholine rings is 1. The third-order valence-corrected chi connectivity index (χ3v) is 1.52. The van der Waals surface area contributed by atoms with Crippen molar-refractivity contribution in [2.45, 2.75) is 0 Å². The van der Waals surface area contributed by atoms with Gasteiger partial charge in [0.25, 0.3) is 0 Å². The zero-order valence-corrected chi connectivity index (χ0v) is 7.67. The number of hydrogen-bond donors (Lipinski definition) is 1. The summed E-state index contributed by atoms with van der Waals surface area (Å²) in [4.78, 5) is 2.20. The van der Waals surface area contributed by atoms with Gasteiger partial charge in [-0.25, -0.2) is 0 Å². The van der Waals surface area contributed by atoms with Crippen molar-refractivity contribution in [3.8, 4) is 0 Å². The number of β-amino-alcohol motifs (C(OH)–C–C–N with tert-alkyl or cyclic N) is 1. The fraction of sp³-hybridized carbons (Fsp3) is 1.00. The maximum atomic E-state index is 8.54. The molecular weight excluding hydrogens is 198 g/mol. The fourth-order valence-electron chi connectivity index (χ4n) is 0.966. The van der Waals surface area contributed by atoms with Crippen LogP contribution in [-0.4, -0.2) is 49.5 Å². The van der Waals surface area contributed by atoms with Crippen LogP contribution in [-0.2, 0) is 4.74 Å². The van der Waals surface area contributed by atoms with Crippen molar-refractivity contribution in [2.75, 3.05) is 39.5 Å². The number of nitrogens with zero attached hydrogens (tertiary/aromatic N) is 1. The van der Waals surface area contributed by atoms with E-state index in [-0.39, 0.29) is 23.6 Å². The highest BCUT2D eigenvalue weighted by Crippen LogP contribution is 1.93. The predicted octanol–water partition coefficient (Wildman–Crippen LogP) is -0.111. The smallest absolute Gasteiger partial charge is 0.0594 e. The summed E-state index contributed by atoms with van der Waals surface area (Å²) in [7, 11) is 0. The van der Waals surface area contributed by atoms with E-state index in [1.54, 1.807) is 0 Å². The van der Waals surface area contributed by atoms with Crippen LogP contribution in [0, 0.1) is 0 Å². The normalized spacial score (nSPS) is 20.1. The molecule has 0 bridgehead atoms. The molecule has 1 heterocycles. The molecule has 4 heteroatoms. The number of aliphatic hydroxyl groups is 1. The molecule has 0 aromatic carbocycles. The number of ether oxygens (including phenoxy) is 1. The summed E-state index contributed by atoms with van der Waals surface area (Å²) in [6.07, 6.45) is 0. The van der Waals surface area contributed by atoms with Crippen LogP contribution in [0.25, 0.3) is 0 Å². The Morgan fingerprint density at radius 1 is 1.30 bits per heavy atom. The lowest BCUT2D eigenvalue weighted by atomic mass is 10.4. The average Bonchev–Trinajstić information content (AvgIpc) is 1.91. The van der Waals surface area contributed by atoms with E-state index in [4.69, 9.17) is 9.84 Å². The molecule has 1 aliphatic heterocycles. The number of hydrogen-bond acceptors (Lipinski definition) is 3. The van der Waals surface area contributed by atoms with Crippen LogP contribution in [0.2, 0.25) is 0 Å². The number of aliphatic hydroxyl groups excluding tert-OH is 1. The molecule has 0 spiro atoms. The molecule has 1 N–H and O–H groups in total. The molecule has 10 heavy (non-hydrogen) atoms. The zero-order valence-electron chi connectivity index (χ0n) is 5.95. The first-order valence-electron chi connectivity index (χ1n) is 3.34. The van der Waals surface area contributed by atoms with Crippen LogP contribution in [0.15, 0.2) is 0 Å². The lowest BCUT2D eigenvalue weighted by Crippen LogP contribution is -2.37. The molecule has 0 radical (unpaired) electrons. The van der Waals surface area contributed by atoms with E-state index in [0.717, 1.165) is 32.8 Å². The Labute approximate surface area is 71.7 Å². The molecule has 0 atom stereocenters. The first-order chi connectivity index (χ1) is 4.43. The van der Waals surface area contributed by atoms with E-state index in [2.05, 4.69) is 4.90 Å². The van der Waals surface area contributed by atoms with Gasteiger partial charge in [-0.3, -0.25) is 4.90 Å². The molecule has 0 unspecified atom stereocenters. The Bertz CT molecular complexity index is 73.4. The highest BCUT2D eigenvalue weighted by Gasteiger charge is 2.07. The van der Waals surface area contributed by atoms with E-state index in [1.807, 2.05) is 0 Å². The van der Waals surface area contributed by atoms with E-state index < -0.39 is 0 Å². The molecule has 1 aliphatic rings. The van der Waals surface area contributed by atoms with Gasteiger partial charge in [-0.1, -0.05) is 0 Å². The zero-order chi connectivity index (χ0) is 6.53. The van der Waals surface area contributed by atoms with Gasteiger partial charge in [0.1, 0.15) is 0 Å². The average molecular weight is 212 g/mol. The Balaban J connectivity index is 0.000000810. The minimum Gasteiger partial charge on any atom is -0.395 e. The van der Waals surface area contributed by atoms with Crippen molar-refractivity contribution in [2.24, 2.45) is 0 Å². The summed E-state index contributed by atoms with van der Waals surface area (Å²) in [5, 5.41) is 8.54. The predicted molar refractivity (Wildman–Crippen MR) is 44.7 cm³/mol. The molecular formula is C6H14BrNO2. The Morgan fingerprint density at radius 2 is 1.90 bits per heavy atom. The van der Waals surface area contributed by atoms with Crippen molar-refractivity contribution in [3.63, 3.8) is 0 Å². The summed E-state index contributed by atoms with van der Waals surface area (Å²) in [6, 6.07) is 0. The molecule has 62 valence electrons. The first kappa shape index (κ1) is 10.4. The second kappa shape index (κ2) is 6.09.